The topological polar surface area (TPSA) is 66.9 Å². The van der Waals surface area contributed by atoms with Crippen molar-refractivity contribution in [1.29, 1.82) is 5.26 Å². The maximum absolute atomic E-state index is 14.3. The average Bonchev–Trinajstić information content (AvgIpc) is 2.67. The van der Waals surface area contributed by atoms with Gasteiger partial charge in [0.1, 0.15) is 6.07 Å². The van der Waals surface area contributed by atoms with E-state index < -0.39 is 86.3 Å². The number of nitrogens with zero attached hydrogens (tertiary/aromatic N) is 1. The third-order valence-corrected chi connectivity index (χ3v) is 5.33. The first-order valence-corrected chi connectivity index (χ1v) is 9.30. The van der Waals surface area contributed by atoms with E-state index in [4.69, 9.17) is 11.0 Å². The Bertz CT molecular complexity index is 1160. The van der Waals surface area contributed by atoms with Crippen LogP contribution in [0.1, 0.15) is 32.6 Å². The van der Waals surface area contributed by atoms with Crippen LogP contribution in [0.5, 0.6) is 0 Å². The van der Waals surface area contributed by atoms with E-state index in [1.165, 1.54) is 6.07 Å². The number of benzene rings is 2. The molecule has 0 aliphatic rings. The first-order valence-electron chi connectivity index (χ1n) is 8.51. The molecule has 0 aromatic heterocycles. The molecule has 0 saturated carbocycles. The van der Waals surface area contributed by atoms with Gasteiger partial charge in [-0.3, -0.25) is 4.79 Å². The molecule has 0 fully saturated rings. The number of halogens is 12. The Balaban J connectivity index is 2.72. The summed E-state index contributed by atoms with van der Waals surface area (Å²) in [5.74, 6) is -2.88. The van der Waals surface area contributed by atoms with Gasteiger partial charge in [0.2, 0.25) is 0 Å². The summed E-state index contributed by atoms with van der Waals surface area (Å²) in [6, 6.07) is 2.16. The third-order valence-electron chi connectivity index (χ3n) is 4.62. The zero-order valence-electron chi connectivity index (χ0n) is 16.0. The average molecular weight is 569 g/mol. The molecule has 0 bridgehead atoms. The quantitative estimate of drug-likeness (QED) is 0.251. The fourth-order valence-electron chi connectivity index (χ4n) is 2.92. The summed E-state index contributed by atoms with van der Waals surface area (Å²) < 4.78 is 146. The van der Waals surface area contributed by atoms with Crippen molar-refractivity contribution in [2.45, 2.75) is 30.6 Å². The Morgan fingerprint density at radius 3 is 1.94 bits per heavy atom. The molecule has 15 heteroatoms. The Labute approximate surface area is 191 Å². The van der Waals surface area contributed by atoms with Crippen molar-refractivity contribution < 1.29 is 53.1 Å². The zero-order chi connectivity index (χ0) is 26.4. The van der Waals surface area contributed by atoms with Crippen LogP contribution in [-0.2, 0) is 18.3 Å². The SMILES string of the molecule is N#Cc1ccc(C(=O)Cc2c(Br)cc(C(F)(C(F)(F)F)C(F)(F)F)cc2C(F)(F)F)c(F)c1N. The van der Waals surface area contributed by atoms with E-state index in [2.05, 4.69) is 15.9 Å². The summed E-state index contributed by atoms with van der Waals surface area (Å²) in [7, 11) is 0. The van der Waals surface area contributed by atoms with E-state index >= 15 is 0 Å². The lowest BCUT2D eigenvalue weighted by Crippen LogP contribution is -2.50. The maximum Gasteiger partial charge on any atom is 0.435 e. The first-order chi connectivity index (χ1) is 15.3. The summed E-state index contributed by atoms with van der Waals surface area (Å²) >= 11 is 2.36. The van der Waals surface area contributed by atoms with Crippen LogP contribution >= 0.6 is 15.9 Å². The fraction of sp³-hybridized carbons (Fsp3) is 0.263. The van der Waals surface area contributed by atoms with Crippen LogP contribution in [-0.4, -0.2) is 18.1 Å². The molecule has 0 radical (unpaired) electrons. The van der Waals surface area contributed by atoms with Gasteiger partial charge in [-0.25, -0.2) is 8.78 Å². The van der Waals surface area contributed by atoms with Crippen LogP contribution in [0.3, 0.4) is 0 Å². The summed E-state index contributed by atoms with van der Waals surface area (Å²) in [5.41, 5.74) is -8.78. The van der Waals surface area contributed by atoms with Gasteiger partial charge in [0.15, 0.2) is 11.6 Å². The highest BCUT2D eigenvalue weighted by Crippen LogP contribution is 2.54. The number of carbonyl (C=O) groups is 1. The van der Waals surface area contributed by atoms with Crippen molar-refractivity contribution in [3.8, 4) is 6.07 Å². The molecule has 2 aromatic rings. The molecule has 0 unspecified atom stereocenters. The van der Waals surface area contributed by atoms with Gasteiger partial charge in [-0.1, -0.05) is 15.9 Å². The predicted octanol–water partition coefficient (Wildman–Crippen LogP) is 6.78. The number of nitrogen functional groups attached to an aromatic ring is 1. The Morgan fingerprint density at radius 2 is 1.50 bits per heavy atom. The van der Waals surface area contributed by atoms with E-state index in [0.717, 1.165) is 6.07 Å². The zero-order valence-corrected chi connectivity index (χ0v) is 17.6. The van der Waals surface area contributed by atoms with Crippen molar-refractivity contribution in [3.05, 3.63) is 62.4 Å². The molecule has 0 aliphatic heterocycles. The smallest absolute Gasteiger partial charge is 0.395 e. The number of carbonyl (C=O) groups excluding carboxylic acids is 1. The van der Waals surface area contributed by atoms with Gasteiger partial charge in [0, 0.05) is 16.5 Å². The van der Waals surface area contributed by atoms with Crippen LogP contribution in [0.2, 0.25) is 0 Å². The number of nitriles is 1. The van der Waals surface area contributed by atoms with E-state index in [0.29, 0.717) is 6.07 Å². The number of nitrogens with two attached hydrogens (primary N) is 1. The van der Waals surface area contributed by atoms with Crippen LogP contribution < -0.4 is 5.73 Å². The number of rotatable bonds is 4. The van der Waals surface area contributed by atoms with Gasteiger partial charge in [-0.05, 0) is 29.8 Å². The highest BCUT2D eigenvalue weighted by Gasteiger charge is 2.73. The molecule has 34 heavy (non-hydrogen) atoms. The molecule has 0 aliphatic carbocycles. The molecule has 184 valence electrons. The van der Waals surface area contributed by atoms with Crippen molar-refractivity contribution in [3.63, 3.8) is 0 Å². The van der Waals surface area contributed by atoms with Gasteiger partial charge < -0.3 is 5.73 Å². The normalized spacial score (nSPS) is 13.0. The summed E-state index contributed by atoms with van der Waals surface area (Å²) in [4.78, 5) is 12.4. The van der Waals surface area contributed by atoms with E-state index in [1.807, 2.05) is 0 Å². The van der Waals surface area contributed by atoms with Crippen LogP contribution in [0, 0.1) is 17.1 Å². The minimum Gasteiger partial charge on any atom is -0.395 e. The van der Waals surface area contributed by atoms with E-state index in [-0.39, 0.29) is 6.07 Å². The van der Waals surface area contributed by atoms with E-state index in [9.17, 15) is 53.1 Å². The third kappa shape index (κ3) is 4.68. The fourth-order valence-corrected chi connectivity index (χ4v) is 3.52. The molecule has 0 spiro atoms. The Morgan fingerprint density at radius 1 is 0.971 bits per heavy atom. The number of alkyl halides is 10. The second-order valence-corrected chi connectivity index (χ2v) is 7.59. The number of ketones is 1. The number of hydrogen-bond donors (Lipinski definition) is 1. The van der Waals surface area contributed by atoms with Crippen LogP contribution in [0.15, 0.2) is 28.7 Å². The highest BCUT2D eigenvalue weighted by atomic mass is 79.9. The molecule has 2 rings (SSSR count). The van der Waals surface area contributed by atoms with Gasteiger partial charge in [0.05, 0.1) is 22.4 Å². The molecule has 0 amide bonds. The molecule has 2 N–H and O–H groups in total. The molecule has 0 heterocycles. The van der Waals surface area contributed by atoms with Gasteiger partial charge >= 0.3 is 24.2 Å². The largest absolute Gasteiger partial charge is 0.435 e. The van der Waals surface area contributed by atoms with Crippen LogP contribution in [0.4, 0.5) is 54.0 Å². The minimum atomic E-state index is -6.69. The number of hydrogen-bond acceptors (Lipinski definition) is 3. The second kappa shape index (κ2) is 8.71. The van der Waals surface area contributed by atoms with Crippen molar-refractivity contribution in [2.75, 3.05) is 5.73 Å². The maximum atomic E-state index is 14.3. The van der Waals surface area contributed by atoms with Gasteiger partial charge in [-0.2, -0.15) is 44.8 Å². The van der Waals surface area contributed by atoms with E-state index in [1.54, 1.807) is 0 Å². The Kier molecular flexibility index (Phi) is 7.01. The lowest BCUT2D eigenvalue weighted by Gasteiger charge is -2.31. The molecular formula is C19H8BrF11N2O. The minimum absolute atomic E-state index is 0.192. The molecule has 3 nitrogen and oxygen atoms in total. The highest BCUT2D eigenvalue weighted by molar-refractivity contribution is 9.10. The van der Waals surface area contributed by atoms with Gasteiger partial charge in [-0.15, -0.1) is 0 Å². The first kappa shape index (κ1) is 27.4. The summed E-state index contributed by atoms with van der Waals surface area (Å²) in [6.45, 7) is 0. The number of anilines is 1. The number of Topliss-reactive ketones (excluding diaryl/α,β-unsaturated/α-hetero) is 1. The lowest BCUT2D eigenvalue weighted by molar-refractivity contribution is -0.348. The lowest BCUT2D eigenvalue weighted by atomic mass is 9.89. The standard InChI is InChI=1S/C19H8BrF11N2O/c20-12-4-8(16(22,18(26,27)28)19(29,30)31)3-11(17(23,24)25)10(12)5-13(34)9-2-1-7(6-32)15(33)14(9)21/h1-4H,5,33H2. The van der Waals surface area contributed by atoms with Crippen molar-refractivity contribution in [1.82, 2.24) is 0 Å². The predicted molar refractivity (Wildman–Crippen MR) is 97.6 cm³/mol. The summed E-state index contributed by atoms with van der Waals surface area (Å²) in [5, 5.41) is 8.77. The second-order valence-electron chi connectivity index (χ2n) is 6.74. The molecule has 2 aromatic carbocycles. The van der Waals surface area contributed by atoms with Crippen molar-refractivity contribution >= 4 is 27.4 Å². The molecule has 0 saturated heterocycles. The monoisotopic (exact) mass is 568 g/mol. The summed E-state index contributed by atoms with van der Waals surface area (Å²) in [6.07, 6.45) is -20.4. The molecule has 0 atom stereocenters. The molecular weight excluding hydrogens is 561 g/mol. The van der Waals surface area contributed by atoms with Gasteiger partial charge in [0.25, 0.3) is 0 Å². The van der Waals surface area contributed by atoms with Crippen LogP contribution in [0.25, 0.3) is 0 Å². The Hall–Kier alpha value is -2.89. The van der Waals surface area contributed by atoms with Crippen molar-refractivity contribution in [2.24, 2.45) is 0 Å².